The molecule has 7 N–H and O–H groups in total. The number of carbonyl (C=O) groups excluding carboxylic acids is 1. The molecule has 3 rings (SSSR count). The summed E-state index contributed by atoms with van der Waals surface area (Å²) in [7, 11) is -3.06. The summed E-state index contributed by atoms with van der Waals surface area (Å²) in [5.41, 5.74) is 0.207. The average Bonchev–Trinajstić information content (AvgIpc) is 2.87. The summed E-state index contributed by atoms with van der Waals surface area (Å²) in [4.78, 5) is 12.6. The Morgan fingerprint density at radius 3 is 2.43 bits per heavy atom. The van der Waals surface area contributed by atoms with Crippen LogP contribution < -0.4 is 20.5 Å². The highest BCUT2D eigenvalue weighted by Gasteiger charge is 2.44. The van der Waals surface area contributed by atoms with Crippen molar-refractivity contribution in [3.05, 3.63) is 48.0 Å². The molecule has 1 aliphatic rings. The Kier molecular flexibility index (Phi) is 9.84. The van der Waals surface area contributed by atoms with Crippen LogP contribution in [0.15, 0.2) is 47.4 Å². The van der Waals surface area contributed by atoms with Crippen LogP contribution in [0.2, 0.25) is 0 Å². The van der Waals surface area contributed by atoms with E-state index >= 15 is 0 Å². The van der Waals surface area contributed by atoms with E-state index in [1.807, 2.05) is 6.92 Å². The zero-order valence-electron chi connectivity index (χ0n) is 20.5. The summed E-state index contributed by atoms with van der Waals surface area (Å²) in [6, 6.07) is 11.1. The molecule has 1 unspecified atom stereocenters. The fourth-order valence-electron chi connectivity index (χ4n) is 3.76. The maximum absolute atomic E-state index is 13.0. The van der Waals surface area contributed by atoms with Crippen molar-refractivity contribution in [2.45, 2.75) is 55.4 Å². The standard InChI is InChI=1S/C24H33N3O9S/c1-3-4-10-26-16-11-14(12-18(37(25,32)33)22(16)35-15-8-6-5-7-9-15)23(31)27-13-17-19(28)20(29)21(30)24(34-2)36-17/h5-9,11-12,17,19-21,24,26,28-30H,3-4,10,13H2,1-2H3,(H,27,31)(H2,25,32,33)/t17-,19-,20+,21-,24?/m1/s1. The van der Waals surface area contributed by atoms with Gasteiger partial charge in [0.2, 0.25) is 10.0 Å². The summed E-state index contributed by atoms with van der Waals surface area (Å²) in [6.07, 6.45) is -5.20. The molecule has 5 atom stereocenters. The summed E-state index contributed by atoms with van der Waals surface area (Å²) >= 11 is 0. The second kappa shape index (κ2) is 12.6. The number of unbranched alkanes of at least 4 members (excludes halogenated alkanes) is 1. The Morgan fingerprint density at radius 1 is 1.11 bits per heavy atom. The van der Waals surface area contributed by atoms with Crippen molar-refractivity contribution in [2.24, 2.45) is 5.14 Å². The number of benzene rings is 2. The number of amides is 1. The monoisotopic (exact) mass is 539 g/mol. The lowest BCUT2D eigenvalue weighted by Gasteiger charge is -2.39. The fraction of sp³-hybridized carbons (Fsp3) is 0.458. The van der Waals surface area contributed by atoms with Crippen LogP contribution in [0.1, 0.15) is 30.1 Å². The van der Waals surface area contributed by atoms with Crippen molar-refractivity contribution in [3.63, 3.8) is 0 Å². The Bertz CT molecular complexity index is 1160. The molecule has 204 valence electrons. The molecule has 0 saturated carbocycles. The molecule has 1 saturated heterocycles. The highest BCUT2D eigenvalue weighted by molar-refractivity contribution is 7.89. The number of ether oxygens (including phenoxy) is 3. The van der Waals surface area contributed by atoms with Gasteiger partial charge in [0.25, 0.3) is 5.91 Å². The number of anilines is 1. The first-order chi connectivity index (χ1) is 17.6. The van der Waals surface area contributed by atoms with Crippen LogP contribution in [0.4, 0.5) is 5.69 Å². The van der Waals surface area contributed by atoms with Crippen molar-refractivity contribution < 1.29 is 42.7 Å². The molecule has 2 aromatic rings. The van der Waals surface area contributed by atoms with E-state index in [1.54, 1.807) is 30.3 Å². The van der Waals surface area contributed by atoms with E-state index in [0.717, 1.165) is 18.9 Å². The molecular formula is C24H33N3O9S. The molecule has 0 aliphatic carbocycles. The van der Waals surface area contributed by atoms with Crippen molar-refractivity contribution >= 4 is 21.6 Å². The quantitative estimate of drug-likeness (QED) is 0.220. The van der Waals surface area contributed by atoms with Gasteiger partial charge in [0, 0.05) is 25.8 Å². The molecule has 1 aliphatic heterocycles. The van der Waals surface area contributed by atoms with E-state index in [9.17, 15) is 28.5 Å². The number of nitrogens with one attached hydrogen (secondary N) is 2. The SMILES string of the molecule is CCCCNc1cc(C(=O)NC[C@H]2OC(OC)[C@H](O)[C@@H](O)[C@@H]2O)cc(S(N)(=O)=O)c1Oc1ccccc1. The number of carbonyl (C=O) groups is 1. The number of hydrogen-bond donors (Lipinski definition) is 6. The van der Waals surface area contributed by atoms with Crippen LogP contribution in [-0.2, 0) is 19.5 Å². The normalized spacial score (nSPS) is 23.9. The van der Waals surface area contributed by atoms with E-state index in [0.29, 0.717) is 12.3 Å². The lowest BCUT2D eigenvalue weighted by atomic mass is 9.99. The van der Waals surface area contributed by atoms with Gasteiger partial charge in [-0.2, -0.15) is 0 Å². The number of aliphatic hydroxyl groups is 3. The van der Waals surface area contributed by atoms with Gasteiger partial charge in [-0.15, -0.1) is 0 Å². The van der Waals surface area contributed by atoms with Gasteiger partial charge >= 0.3 is 0 Å². The van der Waals surface area contributed by atoms with Gasteiger partial charge in [-0.25, -0.2) is 13.6 Å². The van der Waals surface area contributed by atoms with E-state index in [1.165, 1.54) is 13.2 Å². The van der Waals surface area contributed by atoms with E-state index in [2.05, 4.69) is 10.6 Å². The number of methoxy groups -OCH3 is 1. The molecule has 0 bridgehead atoms. The van der Waals surface area contributed by atoms with Gasteiger partial charge in [0.05, 0.1) is 5.69 Å². The van der Waals surface area contributed by atoms with E-state index in [-0.39, 0.29) is 23.5 Å². The maximum atomic E-state index is 13.0. The number of hydrogen-bond acceptors (Lipinski definition) is 10. The number of rotatable bonds is 11. The topological polar surface area (TPSA) is 190 Å². The maximum Gasteiger partial charge on any atom is 0.251 e. The highest BCUT2D eigenvalue weighted by atomic mass is 32.2. The van der Waals surface area contributed by atoms with Crippen molar-refractivity contribution in [2.75, 3.05) is 25.5 Å². The lowest BCUT2D eigenvalue weighted by molar-refractivity contribution is -0.288. The smallest absolute Gasteiger partial charge is 0.251 e. The average molecular weight is 540 g/mol. The fourth-order valence-corrected chi connectivity index (χ4v) is 4.46. The minimum Gasteiger partial charge on any atom is -0.454 e. The van der Waals surface area contributed by atoms with Gasteiger partial charge in [-0.3, -0.25) is 4.79 Å². The summed E-state index contributed by atoms with van der Waals surface area (Å²) < 4.78 is 41.3. The second-order valence-corrected chi connectivity index (χ2v) is 10.1. The van der Waals surface area contributed by atoms with Crippen LogP contribution in [0.25, 0.3) is 0 Å². The lowest BCUT2D eigenvalue weighted by Crippen LogP contribution is -2.60. The van der Waals surface area contributed by atoms with Crippen molar-refractivity contribution in [1.82, 2.24) is 5.32 Å². The third kappa shape index (κ3) is 7.17. The van der Waals surface area contributed by atoms with E-state index in [4.69, 9.17) is 19.3 Å². The second-order valence-electron chi connectivity index (χ2n) is 8.55. The summed E-state index contributed by atoms with van der Waals surface area (Å²) in [5, 5.41) is 41.3. The largest absolute Gasteiger partial charge is 0.454 e. The van der Waals surface area contributed by atoms with Gasteiger partial charge in [-0.1, -0.05) is 31.5 Å². The number of primary sulfonamides is 1. The summed E-state index contributed by atoms with van der Waals surface area (Å²) in [6.45, 7) is 2.21. The van der Waals surface area contributed by atoms with Crippen LogP contribution >= 0.6 is 0 Å². The molecular weight excluding hydrogens is 506 g/mol. The molecule has 0 spiro atoms. The zero-order chi connectivity index (χ0) is 27.2. The molecule has 13 heteroatoms. The van der Waals surface area contributed by atoms with Crippen molar-refractivity contribution in [1.29, 1.82) is 0 Å². The predicted octanol–water partition coefficient (Wildman–Crippen LogP) is 0.522. The molecule has 37 heavy (non-hydrogen) atoms. The number of nitrogens with two attached hydrogens (primary N) is 1. The van der Waals surface area contributed by atoms with Gasteiger partial charge in [0.1, 0.15) is 35.1 Å². The molecule has 1 heterocycles. The predicted molar refractivity (Wildman–Crippen MR) is 134 cm³/mol. The molecule has 2 aromatic carbocycles. The zero-order valence-corrected chi connectivity index (χ0v) is 21.3. The van der Waals surface area contributed by atoms with Gasteiger partial charge < -0.3 is 40.2 Å². The van der Waals surface area contributed by atoms with Gasteiger partial charge in [-0.05, 0) is 30.7 Å². The van der Waals surface area contributed by atoms with E-state index < -0.39 is 51.5 Å². The third-order valence-corrected chi connectivity index (χ3v) is 6.71. The van der Waals surface area contributed by atoms with Crippen molar-refractivity contribution in [3.8, 4) is 11.5 Å². The first-order valence-electron chi connectivity index (χ1n) is 11.7. The Morgan fingerprint density at radius 2 is 1.81 bits per heavy atom. The minimum absolute atomic E-state index is 0.0439. The van der Waals surface area contributed by atoms with Crippen LogP contribution in [0.5, 0.6) is 11.5 Å². The van der Waals surface area contributed by atoms with Crippen LogP contribution in [0.3, 0.4) is 0 Å². The molecule has 1 fully saturated rings. The first kappa shape index (κ1) is 28.8. The molecule has 12 nitrogen and oxygen atoms in total. The van der Waals surface area contributed by atoms with Gasteiger partial charge in [0.15, 0.2) is 12.0 Å². The third-order valence-electron chi connectivity index (χ3n) is 5.80. The molecule has 0 aromatic heterocycles. The highest BCUT2D eigenvalue weighted by Crippen LogP contribution is 2.37. The van der Waals surface area contributed by atoms with Crippen LogP contribution in [-0.4, -0.2) is 80.5 Å². The molecule has 0 radical (unpaired) electrons. The number of para-hydroxylation sites is 1. The Hall–Kier alpha value is -2.78. The number of sulfonamides is 1. The summed E-state index contributed by atoms with van der Waals surface area (Å²) in [5.74, 6) is -0.368. The number of aliphatic hydroxyl groups excluding tert-OH is 3. The Labute approximate surface area is 215 Å². The Balaban J connectivity index is 1.90. The van der Waals surface area contributed by atoms with Crippen LogP contribution in [0, 0.1) is 0 Å². The first-order valence-corrected chi connectivity index (χ1v) is 13.3. The molecule has 1 amide bonds. The minimum atomic E-state index is -4.32.